The second kappa shape index (κ2) is 6.71. The number of nitrogens with one attached hydrogen (secondary N) is 1. The van der Waals surface area contributed by atoms with Crippen molar-refractivity contribution in [3.8, 4) is 0 Å². The Kier molecular flexibility index (Phi) is 5.56. The summed E-state index contributed by atoms with van der Waals surface area (Å²) in [4.78, 5) is 12.4. The third-order valence-electron chi connectivity index (χ3n) is 2.71. The van der Waals surface area contributed by atoms with E-state index in [4.69, 9.17) is 29.6 Å². The molecule has 1 amide bonds. The molecular weight excluding hydrogens is 268 g/mol. The largest absolute Gasteiger partial charge is 0.393 e. The van der Waals surface area contributed by atoms with Crippen LogP contribution in [-0.4, -0.2) is 16.9 Å². The van der Waals surface area contributed by atoms with Crippen molar-refractivity contribution in [3.05, 3.63) is 34.3 Å². The average Bonchev–Trinajstić information content (AvgIpc) is 2.31. The van der Waals surface area contributed by atoms with Crippen molar-refractivity contribution in [1.82, 2.24) is 5.32 Å². The maximum atomic E-state index is 12.0. The van der Waals surface area contributed by atoms with E-state index in [9.17, 15) is 4.79 Å². The van der Waals surface area contributed by atoms with E-state index in [1.807, 2.05) is 19.9 Å². The molecule has 0 aromatic heterocycles. The number of carbonyl (C=O) groups excluding carboxylic acids is 1. The Bertz CT molecular complexity index is 462. The van der Waals surface area contributed by atoms with E-state index in [0.717, 1.165) is 12.0 Å². The molecule has 1 atom stereocenters. The number of benzene rings is 1. The molecule has 0 aliphatic carbocycles. The third kappa shape index (κ3) is 4.27. The monoisotopic (exact) mass is 284 g/mol. The van der Waals surface area contributed by atoms with Crippen molar-refractivity contribution >= 4 is 34.7 Å². The highest BCUT2D eigenvalue weighted by Gasteiger charge is 2.13. The van der Waals surface area contributed by atoms with Crippen LogP contribution in [0.2, 0.25) is 5.02 Å². The molecule has 3 nitrogen and oxygen atoms in total. The van der Waals surface area contributed by atoms with Crippen LogP contribution in [0.5, 0.6) is 0 Å². The highest BCUT2D eigenvalue weighted by Crippen LogP contribution is 2.16. The molecule has 18 heavy (non-hydrogen) atoms. The molecule has 1 aromatic rings. The van der Waals surface area contributed by atoms with Gasteiger partial charge in [0.1, 0.15) is 0 Å². The van der Waals surface area contributed by atoms with Gasteiger partial charge in [-0.25, -0.2) is 0 Å². The Balaban J connectivity index is 2.74. The summed E-state index contributed by atoms with van der Waals surface area (Å²) in [6.07, 6.45) is 1.29. The number of carbonyl (C=O) groups is 1. The van der Waals surface area contributed by atoms with E-state index < -0.39 is 0 Å². The van der Waals surface area contributed by atoms with E-state index in [1.165, 1.54) is 0 Å². The first-order valence-electron chi connectivity index (χ1n) is 5.79. The number of hydrogen-bond acceptors (Lipinski definition) is 2. The summed E-state index contributed by atoms with van der Waals surface area (Å²) in [6.45, 7) is 3.87. The quantitative estimate of drug-likeness (QED) is 0.818. The number of amides is 1. The average molecular weight is 285 g/mol. The van der Waals surface area contributed by atoms with Crippen molar-refractivity contribution < 1.29 is 4.79 Å². The summed E-state index contributed by atoms with van der Waals surface area (Å²) in [5, 5.41) is 3.48. The zero-order valence-electron chi connectivity index (χ0n) is 10.5. The molecule has 0 radical (unpaired) electrons. The molecule has 0 fully saturated rings. The fourth-order valence-corrected chi connectivity index (χ4v) is 1.92. The van der Waals surface area contributed by atoms with Gasteiger partial charge in [0.15, 0.2) is 0 Å². The fraction of sp³-hybridized carbons (Fsp3) is 0.385. The summed E-state index contributed by atoms with van der Waals surface area (Å²) in [7, 11) is 0. The Morgan fingerprint density at radius 2 is 2.22 bits per heavy atom. The van der Waals surface area contributed by atoms with Crippen LogP contribution in [0.15, 0.2) is 18.2 Å². The van der Waals surface area contributed by atoms with Crippen LogP contribution in [0.1, 0.15) is 35.7 Å². The van der Waals surface area contributed by atoms with Gasteiger partial charge in [-0.05, 0) is 31.0 Å². The summed E-state index contributed by atoms with van der Waals surface area (Å²) in [6, 6.07) is 5.21. The SMILES string of the molecule is CCC(CC(N)=S)NC(=O)c1ccc(C)c(Cl)c1. The van der Waals surface area contributed by atoms with Gasteiger partial charge in [0.2, 0.25) is 0 Å². The van der Waals surface area contributed by atoms with Crippen molar-refractivity contribution in [3.63, 3.8) is 0 Å². The van der Waals surface area contributed by atoms with Gasteiger partial charge in [-0.1, -0.05) is 36.8 Å². The molecule has 0 saturated carbocycles. The first-order valence-corrected chi connectivity index (χ1v) is 6.58. The molecule has 0 aliphatic rings. The number of hydrogen-bond donors (Lipinski definition) is 2. The van der Waals surface area contributed by atoms with E-state index in [0.29, 0.717) is 22.0 Å². The van der Waals surface area contributed by atoms with Crippen molar-refractivity contribution in [2.75, 3.05) is 0 Å². The summed E-state index contributed by atoms with van der Waals surface area (Å²) >= 11 is 10.8. The molecule has 0 spiro atoms. The van der Waals surface area contributed by atoms with E-state index in [-0.39, 0.29) is 11.9 Å². The predicted octanol–water partition coefficient (Wildman–Crippen LogP) is 2.83. The molecule has 1 rings (SSSR count). The molecule has 0 saturated heterocycles. The second-order valence-corrected chi connectivity index (χ2v) is 5.14. The Labute approximate surface area is 118 Å². The van der Waals surface area contributed by atoms with E-state index in [1.54, 1.807) is 12.1 Å². The van der Waals surface area contributed by atoms with Crippen LogP contribution in [-0.2, 0) is 0 Å². The lowest BCUT2D eigenvalue weighted by Crippen LogP contribution is -2.37. The number of thiocarbonyl (C=S) groups is 1. The van der Waals surface area contributed by atoms with Crippen LogP contribution in [0.3, 0.4) is 0 Å². The zero-order chi connectivity index (χ0) is 13.7. The minimum atomic E-state index is -0.153. The van der Waals surface area contributed by atoms with E-state index in [2.05, 4.69) is 5.32 Å². The van der Waals surface area contributed by atoms with Crippen molar-refractivity contribution in [2.45, 2.75) is 32.7 Å². The molecule has 3 N–H and O–H groups in total. The minimum Gasteiger partial charge on any atom is -0.393 e. The van der Waals surface area contributed by atoms with Gasteiger partial charge in [0, 0.05) is 23.0 Å². The maximum absolute atomic E-state index is 12.0. The molecule has 0 bridgehead atoms. The van der Waals surface area contributed by atoms with Gasteiger partial charge < -0.3 is 11.1 Å². The smallest absolute Gasteiger partial charge is 0.251 e. The number of halogens is 1. The number of nitrogens with two attached hydrogens (primary N) is 1. The maximum Gasteiger partial charge on any atom is 0.251 e. The lowest BCUT2D eigenvalue weighted by atomic mass is 10.1. The summed E-state index contributed by atoms with van der Waals surface area (Å²) < 4.78 is 0. The predicted molar refractivity (Wildman–Crippen MR) is 79.1 cm³/mol. The van der Waals surface area contributed by atoms with Crippen LogP contribution < -0.4 is 11.1 Å². The highest BCUT2D eigenvalue weighted by atomic mass is 35.5. The van der Waals surface area contributed by atoms with Crippen molar-refractivity contribution in [1.29, 1.82) is 0 Å². The van der Waals surface area contributed by atoms with E-state index >= 15 is 0 Å². The van der Waals surface area contributed by atoms with Crippen LogP contribution in [0.25, 0.3) is 0 Å². The number of rotatable bonds is 5. The molecule has 0 aliphatic heterocycles. The molecular formula is C13H17ClN2OS. The Morgan fingerprint density at radius 3 is 2.72 bits per heavy atom. The van der Waals surface area contributed by atoms with Gasteiger partial charge in [-0.15, -0.1) is 0 Å². The van der Waals surface area contributed by atoms with Crippen LogP contribution in [0, 0.1) is 6.92 Å². The van der Waals surface area contributed by atoms with Crippen molar-refractivity contribution in [2.24, 2.45) is 5.73 Å². The van der Waals surface area contributed by atoms with Gasteiger partial charge >= 0.3 is 0 Å². The zero-order valence-corrected chi connectivity index (χ0v) is 12.1. The molecule has 98 valence electrons. The number of aryl methyl sites for hydroxylation is 1. The summed E-state index contributed by atoms with van der Waals surface area (Å²) in [5.41, 5.74) is 6.98. The first-order chi connectivity index (χ1) is 8.43. The standard InChI is InChI=1S/C13H17ClN2OS/c1-3-10(7-12(15)18)16-13(17)9-5-4-8(2)11(14)6-9/h4-6,10H,3,7H2,1-2H3,(H2,15,18)(H,16,17). The Morgan fingerprint density at radius 1 is 1.56 bits per heavy atom. The Hall–Kier alpha value is -1.13. The first kappa shape index (κ1) is 14.9. The topological polar surface area (TPSA) is 55.1 Å². The lowest BCUT2D eigenvalue weighted by Gasteiger charge is -2.16. The van der Waals surface area contributed by atoms with Gasteiger partial charge in [-0.2, -0.15) is 0 Å². The van der Waals surface area contributed by atoms with Gasteiger partial charge in [0.05, 0.1) is 4.99 Å². The molecule has 1 unspecified atom stereocenters. The molecule has 5 heteroatoms. The van der Waals surface area contributed by atoms with Gasteiger partial charge in [-0.3, -0.25) is 4.79 Å². The third-order valence-corrected chi connectivity index (χ3v) is 3.28. The highest BCUT2D eigenvalue weighted by molar-refractivity contribution is 7.80. The summed E-state index contributed by atoms with van der Waals surface area (Å²) in [5.74, 6) is -0.153. The van der Waals surface area contributed by atoms with Gasteiger partial charge in [0.25, 0.3) is 5.91 Å². The van der Waals surface area contributed by atoms with Crippen LogP contribution >= 0.6 is 23.8 Å². The molecule has 0 heterocycles. The second-order valence-electron chi connectivity index (χ2n) is 4.21. The van der Waals surface area contributed by atoms with Crippen LogP contribution in [0.4, 0.5) is 0 Å². The molecule has 1 aromatic carbocycles. The lowest BCUT2D eigenvalue weighted by molar-refractivity contribution is 0.0937. The minimum absolute atomic E-state index is 0.0323. The fourth-order valence-electron chi connectivity index (χ4n) is 1.54. The normalized spacial score (nSPS) is 11.9.